The van der Waals surface area contributed by atoms with E-state index in [1.54, 1.807) is 0 Å². The number of fused-ring (bicyclic) bond motifs is 16. The predicted molar refractivity (Wildman–Crippen MR) is 395 cm³/mol. The van der Waals surface area contributed by atoms with E-state index in [9.17, 15) is 0 Å². The van der Waals surface area contributed by atoms with Crippen molar-refractivity contribution in [2.45, 2.75) is 18.3 Å². The number of nitrogens with zero attached hydrogens (tertiary/aromatic N) is 1. The van der Waals surface area contributed by atoms with E-state index in [2.05, 4.69) is 332 Å². The maximum absolute atomic E-state index is 2.56. The van der Waals surface area contributed by atoms with Gasteiger partial charge >= 0.3 is 0 Å². The van der Waals surface area contributed by atoms with Crippen LogP contribution >= 0.6 is 0 Å². The molecule has 0 saturated heterocycles. The van der Waals surface area contributed by atoms with Crippen LogP contribution in [0.25, 0.3) is 164 Å². The zero-order chi connectivity index (χ0) is 60.9. The first kappa shape index (κ1) is 52.2. The van der Waals surface area contributed by atoms with E-state index in [1.165, 1.54) is 187 Å². The zero-order valence-electron chi connectivity index (χ0n) is 51.1. The minimum Gasteiger partial charge on any atom is -0.309 e. The second-order valence-corrected chi connectivity index (χ2v) is 26.3. The molecule has 17 aromatic rings. The fourth-order valence-electron chi connectivity index (χ4n) is 16.5. The van der Waals surface area contributed by atoms with E-state index >= 15 is 0 Å². The number of hydrogen-bond donors (Lipinski definition) is 0. The Hall–Kier alpha value is -11.6. The van der Waals surface area contributed by atoms with Crippen LogP contribution in [0.4, 0.5) is 0 Å². The number of allylic oxidation sites excluding steroid dienone is 4. The summed E-state index contributed by atoms with van der Waals surface area (Å²) in [5.74, 6) is 0.442. The fraction of sp³-hybridized carbons (Fsp3) is 0.0435. The number of benzene rings is 16. The third-order valence-electron chi connectivity index (χ3n) is 21.3. The van der Waals surface area contributed by atoms with Gasteiger partial charge in [-0.15, -0.1) is 0 Å². The standard InChI is InChI=1S/C92H59N/c1-4-16-74-65(13-1)53-85(82-22-10-7-19-79(74)82)60-31-29-58(30-32-60)57-25-27-59(28-26-57)62-36-43-90-88(51-62)89-52-63(64-45-46-92(56-72(92)49-64)71-38-33-61(34-39-71)86-54-66-14-2-5-17-75(66)80-20-8-11-23-83(80)86)37-44-91(89)93(90)73-40-42-78-70(50-73)48-69-47-68(35-41-77(69)78)87-55-67-15-3-6-18-76(67)81-21-9-12-24-84(81)87/h1-47,49-55,72H,48,56H2. The molecule has 3 aliphatic carbocycles. The fourth-order valence-corrected chi connectivity index (χ4v) is 16.5. The highest BCUT2D eigenvalue weighted by atomic mass is 15.0. The molecule has 16 aromatic carbocycles. The summed E-state index contributed by atoms with van der Waals surface area (Å²) in [6.45, 7) is 0. The first-order valence-electron chi connectivity index (χ1n) is 32.8. The van der Waals surface area contributed by atoms with Crippen LogP contribution in [0.2, 0.25) is 0 Å². The van der Waals surface area contributed by atoms with Gasteiger partial charge in [0.15, 0.2) is 0 Å². The van der Waals surface area contributed by atoms with Gasteiger partial charge in [0.2, 0.25) is 0 Å². The molecule has 2 atom stereocenters. The molecular weight excluding hydrogens is 1120 g/mol. The zero-order valence-corrected chi connectivity index (χ0v) is 51.1. The Balaban J connectivity index is 0.645. The number of hydrogen-bond acceptors (Lipinski definition) is 0. The molecule has 1 heterocycles. The Labute approximate surface area is 539 Å². The summed E-state index contributed by atoms with van der Waals surface area (Å²) in [6, 6.07) is 116. The second-order valence-electron chi connectivity index (χ2n) is 26.3. The Morgan fingerprint density at radius 1 is 0.280 bits per heavy atom. The lowest BCUT2D eigenvalue weighted by Gasteiger charge is -2.18. The lowest BCUT2D eigenvalue weighted by atomic mass is 9.85. The summed E-state index contributed by atoms with van der Waals surface area (Å²) >= 11 is 0. The Kier molecular flexibility index (Phi) is 11.3. The van der Waals surface area contributed by atoms with Crippen LogP contribution in [0, 0.1) is 5.92 Å². The summed E-state index contributed by atoms with van der Waals surface area (Å²) < 4.78 is 2.52. The number of rotatable bonds is 8. The predicted octanol–water partition coefficient (Wildman–Crippen LogP) is 24.5. The van der Waals surface area contributed by atoms with Gasteiger partial charge < -0.3 is 4.57 Å². The van der Waals surface area contributed by atoms with Crippen molar-refractivity contribution >= 4 is 92.0 Å². The van der Waals surface area contributed by atoms with Crippen LogP contribution in [0.1, 0.15) is 28.7 Å². The van der Waals surface area contributed by atoms with E-state index in [0.717, 1.165) is 12.8 Å². The van der Waals surface area contributed by atoms with E-state index in [0.29, 0.717) is 5.92 Å². The molecule has 2 unspecified atom stereocenters. The van der Waals surface area contributed by atoms with Crippen molar-refractivity contribution in [2.24, 2.45) is 5.92 Å². The average Bonchev–Trinajstić information content (AvgIpc) is 1.58. The van der Waals surface area contributed by atoms with E-state index in [1.807, 2.05) is 0 Å². The van der Waals surface area contributed by atoms with Crippen molar-refractivity contribution in [2.75, 3.05) is 0 Å². The average molecular weight is 1180 g/mol. The van der Waals surface area contributed by atoms with Crippen molar-refractivity contribution < 1.29 is 0 Å². The molecule has 3 aliphatic rings. The Morgan fingerprint density at radius 3 is 1.20 bits per heavy atom. The van der Waals surface area contributed by atoms with Crippen molar-refractivity contribution in [3.05, 3.63) is 350 Å². The molecular formula is C92H59N. The van der Waals surface area contributed by atoms with Crippen LogP contribution in [-0.4, -0.2) is 4.57 Å². The molecule has 0 radical (unpaired) electrons. The van der Waals surface area contributed by atoms with Crippen LogP contribution in [0.5, 0.6) is 0 Å². The summed E-state index contributed by atoms with van der Waals surface area (Å²) in [6.07, 6.45) is 9.49. The highest BCUT2D eigenvalue weighted by Gasteiger charge is 2.53. The molecule has 1 saturated carbocycles. The highest BCUT2D eigenvalue weighted by Crippen LogP contribution is 2.60. The van der Waals surface area contributed by atoms with Crippen LogP contribution in [0.15, 0.2) is 328 Å². The highest BCUT2D eigenvalue weighted by molar-refractivity contribution is 6.17. The van der Waals surface area contributed by atoms with Gasteiger partial charge in [-0.25, -0.2) is 0 Å². The van der Waals surface area contributed by atoms with E-state index in [4.69, 9.17) is 0 Å². The van der Waals surface area contributed by atoms with Crippen LogP contribution in [-0.2, 0) is 11.8 Å². The molecule has 432 valence electrons. The van der Waals surface area contributed by atoms with Gasteiger partial charge in [0.1, 0.15) is 0 Å². The molecule has 0 bridgehead atoms. The van der Waals surface area contributed by atoms with Gasteiger partial charge in [-0.3, -0.25) is 0 Å². The van der Waals surface area contributed by atoms with Crippen molar-refractivity contribution in [3.63, 3.8) is 0 Å². The molecule has 1 nitrogen and oxygen atoms in total. The third kappa shape index (κ3) is 8.20. The molecule has 0 N–H and O–H groups in total. The van der Waals surface area contributed by atoms with Crippen molar-refractivity contribution in [1.82, 2.24) is 4.57 Å². The first-order valence-corrected chi connectivity index (χ1v) is 32.8. The topological polar surface area (TPSA) is 4.93 Å². The largest absolute Gasteiger partial charge is 0.309 e. The maximum Gasteiger partial charge on any atom is 0.0541 e. The lowest BCUT2D eigenvalue weighted by molar-refractivity contribution is 0.820. The Morgan fingerprint density at radius 2 is 0.677 bits per heavy atom. The first-order chi connectivity index (χ1) is 46.0. The molecule has 93 heavy (non-hydrogen) atoms. The number of aromatic nitrogens is 1. The molecule has 20 rings (SSSR count). The monoisotopic (exact) mass is 1180 g/mol. The van der Waals surface area contributed by atoms with E-state index in [-0.39, 0.29) is 5.41 Å². The smallest absolute Gasteiger partial charge is 0.0541 e. The van der Waals surface area contributed by atoms with E-state index < -0.39 is 0 Å². The molecule has 1 heteroatoms. The SMILES string of the molecule is C1=CC2(c3ccc(-c4cc5ccccc5c5ccccc45)cc3)CC2C=C1c1ccc2c(c1)c1cc(-c3ccc(-c4ccc(-c5cc6ccccc6c6ccccc56)cc4)cc3)ccc1n2-c1ccc2c(c1)Cc1cc(-c3cc4ccccc4c4ccccc34)ccc1-2. The maximum atomic E-state index is 2.56. The van der Waals surface area contributed by atoms with Crippen LogP contribution in [0.3, 0.4) is 0 Å². The molecule has 0 amide bonds. The second kappa shape index (κ2) is 20.2. The van der Waals surface area contributed by atoms with Gasteiger partial charge in [0, 0.05) is 21.9 Å². The van der Waals surface area contributed by atoms with Gasteiger partial charge in [0.05, 0.1) is 11.0 Å². The van der Waals surface area contributed by atoms with Gasteiger partial charge in [-0.05, 0) is 233 Å². The summed E-state index contributed by atoms with van der Waals surface area (Å²) in [7, 11) is 0. The minimum atomic E-state index is 0.0222. The molecule has 0 spiro atoms. The lowest BCUT2D eigenvalue weighted by Crippen LogP contribution is -2.08. The van der Waals surface area contributed by atoms with Crippen molar-refractivity contribution in [3.8, 4) is 72.4 Å². The van der Waals surface area contributed by atoms with Gasteiger partial charge in [0.25, 0.3) is 0 Å². The quantitative estimate of drug-likeness (QED) is 0.134. The third-order valence-corrected chi connectivity index (χ3v) is 21.3. The summed E-state index contributed by atoms with van der Waals surface area (Å²) in [5.41, 5.74) is 25.4. The van der Waals surface area contributed by atoms with Gasteiger partial charge in [-0.2, -0.15) is 0 Å². The molecule has 1 aromatic heterocycles. The summed E-state index contributed by atoms with van der Waals surface area (Å²) in [4.78, 5) is 0. The van der Waals surface area contributed by atoms with Crippen LogP contribution < -0.4 is 0 Å². The minimum absolute atomic E-state index is 0.0222. The molecule has 1 fully saturated rings. The summed E-state index contributed by atoms with van der Waals surface area (Å²) in [5, 5.41) is 18.0. The van der Waals surface area contributed by atoms with Gasteiger partial charge in [-0.1, -0.05) is 273 Å². The van der Waals surface area contributed by atoms with Crippen molar-refractivity contribution in [1.29, 1.82) is 0 Å². The normalized spacial score (nSPS) is 15.6. The Bertz CT molecular complexity index is 6090. The molecule has 0 aliphatic heterocycles.